The van der Waals surface area contributed by atoms with Gasteiger partial charge in [0, 0.05) is 25.6 Å². The lowest BCUT2D eigenvalue weighted by Gasteiger charge is -2.33. The molecule has 2 heterocycles. The number of aliphatic carboxylic acids is 1. The summed E-state index contributed by atoms with van der Waals surface area (Å²) in [7, 11) is 0. The number of anilines is 1. The molecule has 0 bridgehead atoms. The fraction of sp³-hybridized carbons (Fsp3) is 0.435. The van der Waals surface area contributed by atoms with Gasteiger partial charge in [0.2, 0.25) is 5.88 Å². The van der Waals surface area contributed by atoms with Gasteiger partial charge in [0.15, 0.2) is 0 Å². The van der Waals surface area contributed by atoms with E-state index in [1.54, 1.807) is 6.07 Å². The lowest BCUT2D eigenvalue weighted by atomic mass is 9.94. The van der Waals surface area contributed by atoms with Crippen LogP contribution >= 0.6 is 0 Å². The molecule has 1 aliphatic carbocycles. The van der Waals surface area contributed by atoms with Crippen LogP contribution in [0.15, 0.2) is 18.2 Å². The minimum absolute atomic E-state index is 0.0899. The van der Waals surface area contributed by atoms with Gasteiger partial charge >= 0.3 is 5.97 Å². The topological polar surface area (TPSA) is 86.4 Å². The van der Waals surface area contributed by atoms with Crippen LogP contribution in [0.3, 0.4) is 0 Å². The Morgan fingerprint density at radius 1 is 1.43 bits per heavy atom. The summed E-state index contributed by atoms with van der Waals surface area (Å²) in [5.41, 5.74) is 3.85. The Kier molecular flexibility index (Phi) is 5.58. The number of ether oxygens (including phenoxy) is 1. The number of benzene rings is 1. The number of carbonyl (C=O) groups is 1. The van der Waals surface area contributed by atoms with E-state index in [-0.39, 0.29) is 24.8 Å². The SMILES string of the molecule is Cc1nc(OC2CCC2)cc(N2CCc3c(ccc(CCC(=O)O)c3F)C2)c1C#N. The van der Waals surface area contributed by atoms with Gasteiger partial charge in [0.1, 0.15) is 18.0 Å². The number of hydrogen-bond donors (Lipinski definition) is 1. The third-order valence-electron chi connectivity index (χ3n) is 5.97. The number of rotatable bonds is 6. The minimum atomic E-state index is -0.935. The molecule has 30 heavy (non-hydrogen) atoms. The number of aromatic nitrogens is 1. The van der Waals surface area contributed by atoms with Crippen LogP contribution in [0.1, 0.15) is 53.6 Å². The number of hydrogen-bond acceptors (Lipinski definition) is 5. The lowest BCUT2D eigenvalue weighted by Crippen LogP contribution is -2.32. The smallest absolute Gasteiger partial charge is 0.303 e. The van der Waals surface area contributed by atoms with Crippen molar-refractivity contribution in [3.63, 3.8) is 0 Å². The van der Waals surface area contributed by atoms with E-state index in [1.807, 2.05) is 19.1 Å². The zero-order valence-corrected chi connectivity index (χ0v) is 16.9. The van der Waals surface area contributed by atoms with E-state index in [0.717, 1.165) is 30.5 Å². The van der Waals surface area contributed by atoms with Gasteiger partial charge in [-0.3, -0.25) is 4.79 Å². The first kappa shape index (κ1) is 20.1. The van der Waals surface area contributed by atoms with E-state index in [1.165, 1.54) is 0 Å². The highest BCUT2D eigenvalue weighted by molar-refractivity contribution is 5.67. The van der Waals surface area contributed by atoms with Crippen molar-refractivity contribution < 1.29 is 19.0 Å². The molecular formula is C23H24FN3O3. The number of aryl methyl sites for hydroxylation is 2. The number of carboxylic acid groups (broad SMARTS) is 1. The van der Waals surface area contributed by atoms with Gasteiger partial charge in [0.05, 0.1) is 16.9 Å². The van der Waals surface area contributed by atoms with Crippen LogP contribution in [0.2, 0.25) is 0 Å². The number of fused-ring (bicyclic) bond motifs is 1. The fourth-order valence-electron chi connectivity index (χ4n) is 4.04. The van der Waals surface area contributed by atoms with Crippen LogP contribution in [0.25, 0.3) is 0 Å². The predicted molar refractivity (Wildman–Crippen MR) is 109 cm³/mol. The number of nitriles is 1. The largest absolute Gasteiger partial charge is 0.481 e. The molecule has 0 saturated heterocycles. The summed E-state index contributed by atoms with van der Waals surface area (Å²) in [4.78, 5) is 17.3. The lowest BCUT2D eigenvalue weighted by molar-refractivity contribution is -0.136. The molecule has 2 aliphatic rings. The van der Waals surface area contributed by atoms with Crippen molar-refractivity contribution in [3.8, 4) is 11.9 Å². The molecular weight excluding hydrogens is 385 g/mol. The zero-order valence-electron chi connectivity index (χ0n) is 16.9. The average molecular weight is 409 g/mol. The second-order valence-electron chi connectivity index (χ2n) is 7.96. The third-order valence-corrected chi connectivity index (χ3v) is 5.97. The van der Waals surface area contributed by atoms with Crippen LogP contribution in [0.4, 0.5) is 10.1 Å². The van der Waals surface area contributed by atoms with E-state index >= 15 is 0 Å². The van der Waals surface area contributed by atoms with Crippen molar-refractivity contribution in [2.75, 3.05) is 11.4 Å². The van der Waals surface area contributed by atoms with Gasteiger partial charge in [-0.15, -0.1) is 0 Å². The van der Waals surface area contributed by atoms with E-state index in [0.29, 0.717) is 47.8 Å². The minimum Gasteiger partial charge on any atom is -0.481 e. The second-order valence-corrected chi connectivity index (χ2v) is 7.96. The standard InChI is InChI=1S/C23H24FN3O3/c1-14-19(12-25)20(11-21(26-14)30-17-3-2-4-17)27-10-9-18-16(13-27)6-5-15(23(18)24)7-8-22(28)29/h5-6,11,17H,2-4,7-10,13H2,1H3,(H,28,29). The first-order valence-corrected chi connectivity index (χ1v) is 10.3. The monoisotopic (exact) mass is 409 g/mol. The summed E-state index contributed by atoms with van der Waals surface area (Å²) in [5, 5.41) is 18.5. The van der Waals surface area contributed by atoms with Gasteiger partial charge in [-0.1, -0.05) is 12.1 Å². The van der Waals surface area contributed by atoms with Gasteiger partial charge < -0.3 is 14.7 Å². The molecule has 156 valence electrons. The second kappa shape index (κ2) is 8.31. The molecule has 0 atom stereocenters. The van der Waals surface area contributed by atoms with Crippen molar-refractivity contribution in [1.29, 1.82) is 5.26 Å². The highest BCUT2D eigenvalue weighted by Gasteiger charge is 2.26. The van der Waals surface area contributed by atoms with Crippen LogP contribution in [-0.4, -0.2) is 28.7 Å². The van der Waals surface area contributed by atoms with Crippen LogP contribution in [0, 0.1) is 24.1 Å². The molecule has 1 aliphatic heterocycles. The number of nitrogens with zero attached hydrogens (tertiary/aromatic N) is 3. The average Bonchev–Trinajstić information content (AvgIpc) is 2.69. The molecule has 0 radical (unpaired) electrons. The maximum absolute atomic E-state index is 14.9. The first-order valence-electron chi connectivity index (χ1n) is 10.3. The molecule has 1 aromatic heterocycles. The summed E-state index contributed by atoms with van der Waals surface area (Å²) in [6, 6.07) is 7.62. The summed E-state index contributed by atoms with van der Waals surface area (Å²) >= 11 is 0. The Balaban J connectivity index is 1.60. The van der Waals surface area contributed by atoms with Crippen LogP contribution in [-0.2, 0) is 24.2 Å². The van der Waals surface area contributed by atoms with Crippen LogP contribution < -0.4 is 9.64 Å². The molecule has 0 unspecified atom stereocenters. The molecule has 1 saturated carbocycles. The normalized spacial score (nSPS) is 15.8. The summed E-state index contributed by atoms with van der Waals surface area (Å²) in [5.74, 6) is -0.698. The molecule has 2 aromatic rings. The van der Waals surface area contributed by atoms with Gasteiger partial charge in [-0.25, -0.2) is 9.37 Å². The van der Waals surface area contributed by atoms with Gasteiger partial charge in [-0.05, 0) is 55.7 Å². The van der Waals surface area contributed by atoms with Gasteiger partial charge in [-0.2, -0.15) is 5.26 Å². The highest BCUT2D eigenvalue weighted by atomic mass is 19.1. The summed E-state index contributed by atoms with van der Waals surface area (Å²) < 4.78 is 20.9. The molecule has 0 amide bonds. The molecule has 6 nitrogen and oxygen atoms in total. The Hall–Kier alpha value is -3.14. The molecule has 1 fully saturated rings. The molecule has 4 rings (SSSR count). The fourth-order valence-corrected chi connectivity index (χ4v) is 4.04. The highest BCUT2D eigenvalue weighted by Crippen LogP contribution is 2.34. The quantitative estimate of drug-likeness (QED) is 0.778. The van der Waals surface area contributed by atoms with E-state index in [9.17, 15) is 14.4 Å². The summed E-state index contributed by atoms with van der Waals surface area (Å²) in [6.07, 6.45) is 3.99. The third kappa shape index (κ3) is 3.95. The number of carboxylic acids is 1. The van der Waals surface area contributed by atoms with Gasteiger partial charge in [0.25, 0.3) is 0 Å². The van der Waals surface area contributed by atoms with E-state index in [2.05, 4.69) is 16.0 Å². The van der Waals surface area contributed by atoms with Crippen molar-refractivity contribution in [2.45, 2.75) is 58.1 Å². The van der Waals surface area contributed by atoms with Crippen molar-refractivity contribution >= 4 is 11.7 Å². The van der Waals surface area contributed by atoms with Crippen molar-refractivity contribution in [1.82, 2.24) is 4.98 Å². The van der Waals surface area contributed by atoms with E-state index < -0.39 is 5.97 Å². The Labute approximate surface area is 174 Å². The Morgan fingerprint density at radius 3 is 2.90 bits per heavy atom. The Bertz CT molecular complexity index is 1030. The predicted octanol–water partition coefficient (Wildman–Crippen LogP) is 3.91. The van der Waals surface area contributed by atoms with Crippen LogP contribution in [0.5, 0.6) is 5.88 Å². The number of pyridine rings is 1. The van der Waals surface area contributed by atoms with E-state index in [4.69, 9.17) is 9.84 Å². The molecule has 0 spiro atoms. The van der Waals surface area contributed by atoms with Crippen molar-refractivity contribution in [2.24, 2.45) is 0 Å². The maximum Gasteiger partial charge on any atom is 0.303 e. The molecule has 1 N–H and O–H groups in total. The molecule has 7 heteroatoms. The maximum atomic E-state index is 14.9. The zero-order chi connectivity index (χ0) is 21.3. The van der Waals surface area contributed by atoms with Crippen molar-refractivity contribution in [3.05, 3.63) is 52.0 Å². The first-order chi connectivity index (χ1) is 14.5. The summed E-state index contributed by atoms with van der Waals surface area (Å²) in [6.45, 7) is 2.85. The molecule has 1 aromatic carbocycles. The number of halogens is 1. The Morgan fingerprint density at radius 2 is 2.23 bits per heavy atom.